The number of carbonyl (C=O) groups excluding carboxylic acids is 1. The molecule has 1 saturated heterocycles. The van der Waals surface area contributed by atoms with Gasteiger partial charge in [0, 0.05) is 18.6 Å². The third kappa shape index (κ3) is 3.42. The number of piperidine rings is 1. The van der Waals surface area contributed by atoms with Gasteiger partial charge in [0.2, 0.25) is 5.91 Å². The van der Waals surface area contributed by atoms with Crippen LogP contribution < -0.4 is 11.1 Å². The van der Waals surface area contributed by atoms with E-state index in [0.29, 0.717) is 12.1 Å². The van der Waals surface area contributed by atoms with Crippen molar-refractivity contribution in [1.82, 2.24) is 10.2 Å². The molecule has 3 N–H and O–H groups in total. The van der Waals surface area contributed by atoms with E-state index in [9.17, 15) is 4.79 Å². The van der Waals surface area contributed by atoms with Crippen LogP contribution in [-0.4, -0.2) is 42.0 Å². The summed E-state index contributed by atoms with van der Waals surface area (Å²) in [6.45, 7) is 4.17. The zero-order valence-electron chi connectivity index (χ0n) is 10.8. The maximum absolute atomic E-state index is 11.5. The molecular weight excluding hydrogens is 214 g/mol. The second-order valence-corrected chi connectivity index (χ2v) is 5.40. The molecule has 0 spiro atoms. The average Bonchev–Trinajstić information content (AvgIpc) is 3.13. The first-order valence-electron chi connectivity index (χ1n) is 7.00. The van der Waals surface area contributed by atoms with E-state index in [4.69, 9.17) is 5.73 Å². The number of hydrogen-bond acceptors (Lipinski definition) is 3. The van der Waals surface area contributed by atoms with Gasteiger partial charge in [-0.3, -0.25) is 9.69 Å². The van der Waals surface area contributed by atoms with Crippen LogP contribution in [0.3, 0.4) is 0 Å². The molecule has 1 aliphatic heterocycles. The third-order valence-electron chi connectivity index (χ3n) is 3.97. The lowest BCUT2D eigenvalue weighted by Gasteiger charge is -2.34. The molecule has 1 amide bonds. The van der Waals surface area contributed by atoms with Gasteiger partial charge in [-0.1, -0.05) is 13.3 Å². The van der Waals surface area contributed by atoms with Gasteiger partial charge in [0.25, 0.3) is 0 Å². The van der Waals surface area contributed by atoms with Crippen LogP contribution >= 0.6 is 0 Å². The maximum Gasteiger partial charge on any atom is 0.234 e. The Morgan fingerprint density at radius 2 is 2.18 bits per heavy atom. The van der Waals surface area contributed by atoms with E-state index >= 15 is 0 Å². The topological polar surface area (TPSA) is 58.4 Å². The van der Waals surface area contributed by atoms with E-state index < -0.39 is 0 Å². The number of carbonyl (C=O) groups is 1. The summed E-state index contributed by atoms with van der Waals surface area (Å²) >= 11 is 0. The van der Waals surface area contributed by atoms with Crippen LogP contribution in [-0.2, 0) is 4.79 Å². The molecule has 98 valence electrons. The normalized spacial score (nSPS) is 27.1. The van der Waals surface area contributed by atoms with Crippen molar-refractivity contribution in [3.8, 4) is 0 Å². The molecule has 4 nitrogen and oxygen atoms in total. The van der Waals surface area contributed by atoms with Gasteiger partial charge in [0.15, 0.2) is 0 Å². The van der Waals surface area contributed by atoms with E-state index in [0.717, 1.165) is 19.5 Å². The highest BCUT2D eigenvalue weighted by Crippen LogP contribution is 2.30. The van der Waals surface area contributed by atoms with Crippen molar-refractivity contribution in [1.29, 1.82) is 0 Å². The Kier molecular flexibility index (Phi) is 4.40. The largest absolute Gasteiger partial charge is 0.368 e. The molecule has 1 saturated carbocycles. The highest BCUT2D eigenvalue weighted by atomic mass is 16.1. The highest BCUT2D eigenvalue weighted by Gasteiger charge is 2.36. The van der Waals surface area contributed by atoms with Gasteiger partial charge in [-0.05, 0) is 38.6 Å². The lowest BCUT2D eigenvalue weighted by molar-refractivity contribution is -0.123. The van der Waals surface area contributed by atoms with E-state index in [-0.39, 0.29) is 11.9 Å². The molecule has 4 heteroatoms. The zero-order chi connectivity index (χ0) is 12.3. The smallest absolute Gasteiger partial charge is 0.234 e. The summed E-state index contributed by atoms with van der Waals surface area (Å²) in [5, 5.41) is 3.56. The minimum Gasteiger partial charge on any atom is -0.368 e. The lowest BCUT2D eigenvalue weighted by Crippen LogP contribution is -2.52. The van der Waals surface area contributed by atoms with Crippen molar-refractivity contribution in [3.05, 3.63) is 0 Å². The number of nitrogens with one attached hydrogen (secondary N) is 1. The van der Waals surface area contributed by atoms with Crippen molar-refractivity contribution < 1.29 is 4.79 Å². The van der Waals surface area contributed by atoms with Crippen molar-refractivity contribution in [2.45, 2.75) is 63.6 Å². The van der Waals surface area contributed by atoms with Crippen LogP contribution in [0.5, 0.6) is 0 Å². The first-order valence-corrected chi connectivity index (χ1v) is 7.00. The summed E-state index contributed by atoms with van der Waals surface area (Å²) in [5.74, 6) is -0.157. The van der Waals surface area contributed by atoms with Crippen molar-refractivity contribution >= 4 is 5.91 Å². The average molecular weight is 239 g/mol. The van der Waals surface area contributed by atoms with Crippen LogP contribution in [0.1, 0.15) is 45.4 Å². The molecule has 0 aromatic heterocycles. The van der Waals surface area contributed by atoms with Crippen LogP contribution in [0, 0.1) is 0 Å². The third-order valence-corrected chi connectivity index (χ3v) is 3.97. The Bertz CT molecular complexity index is 259. The molecule has 0 aromatic rings. The van der Waals surface area contributed by atoms with E-state index in [1.807, 2.05) is 0 Å². The molecule has 2 unspecified atom stereocenters. The van der Waals surface area contributed by atoms with Gasteiger partial charge in [0.05, 0.1) is 6.04 Å². The predicted molar refractivity (Wildman–Crippen MR) is 68.6 cm³/mol. The molecule has 2 fully saturated rings. The molecule has 0 radical (unpaired) electrons. The summed E-state index contributed by atoms with van der Waals surface area (Å²) in [4.78, 5) is 13.9. The standard InChI is InChI=1S/C13H25N3O/c1-2-12(13(14)17)16(11-6-7-11)9-10-5-3-4-8-15-10/h10-12,15H,2-9H2,1H3,(H2,14,17). The molecule has 0 aromatic carbocycles. The van der Waals surface area contributed by atoms with Crippen molar-refractivity contribution in [3.63, 3.8) is 0 Å². The lowest BCUT2D eigenvalue weighted by atomic mass is 10.0. The SMILES string of the molecule is CCC(C(N)=O)N(CC1CCCCN1)C1CC1. The van der Waals surface area contributed by atoms with E-state index in [1.54, 1.807) is 0 Å². The summed E-state index contributed by atoms with van der Waals surface area (Å²) < 4.78 is 0. The Hall–Kier alpha value is -0.610. The summed E-state index contributed by atoms with van der Waals surface area (Å²) in [5.41, 5.74) is 5.52. The van der Waals surface area contributed by atoms with Gasteiger partial charge in [0.1, 0.15) is 0 Å². The van der Waals surface area contributed by atoms with Crippen molar-refractivity contribution in [2.75, 3.05) is 13.1 Å². The van der Waals surface area contributed by atoms with Gasteiger partial charge in [-0.2, -0.15) is 0 Å². The fraction of sp³-hybridized carbons (Fsp3) is 0.923. The van der Waals surface area contributed by atoms with Crippen LogP contribution in [0.25, 0.3) is 0 Å². The first kappa shape index (κ1) is 12.8. The number of nitrogens with zero attached hydrogens (tertiary/aromatic N) is 1. The molecule has 2 rings (SSSR count). The fourth-order valence-corrected chi connectivity index (χ4v) is 2.87. The molecule has 17 heavy (non-hydrogen) atoms. The van der Waals surface area contributed by atoms with E-state index in [1.165, 1.54) is 32.1 Å². The minimum atomic E-state index is -0.157. The fourth-order valence-electron chi connectivity index (χ4n) is 2.87. The quantitative estimate of drug-likeness (QED) is 0.722. The Balaban J connectivity index is 1.93. The van der Waals surface area contributed by atoms with Crippen LogP contribution in [0.4, 0.5) is 0 Å². The monoisotopic (exact) mass is 239 g/mol. The first-order chi connectivity index (χ1) is 8.22. The molecular formula is C13H25N3O. The number of primary amides is 1. The van der Waals surface area contributed by atoms with Gasteiger partial charge in [-0.25, -0.2) is 0 Å². The number of nitrogens with two attached hydrogens (primary N) is 1. The predicted octanol–water partition coefficient (Wildman–Crippen LogP) is 0.857. The van der Waals surface area contributed by atoms with Crippen LogP contribution in [0.2, 0.25) is 0 Å². The number of hydrogen-bond donors (Lipinski definition) is 2. The highest BCUT2D eigenvalue weighted by molar-refractivity contribution is 5.79. The Labute approximate surface area is 104 Å². The summed E-state index contributed by atoms with van der Waals surface area (Å²) in [7, 11) is 0. The molecule has 1 heterocycles. The summed E-state index contributed by atoms with van der Waals surface area (Å²) in [6, 6.07) is 1.10. The molecule has 1 aliphatic carbocycles. The summed E-state index contributed by atoms with van der Waals surface area (Å²) in [6.07, 6.45) is 7.13. The van der Waals surface area contributed by atoms with Crippen LogP contribution in [0.15, 0.2) is 0 Å². The van der Waals surface area contributed by atoms with Crippen molar-refractivity contribution in [2.24, 2.45) is 5.73 Å². The van der Waals surface area contributed by atoms with Gasteiger partial charge < -0.3 is 11.1 Å². The molecule has 0 bridgehead atoms. The van der Waals surface area contributed by atoms with Gasteiger partial charge >= 0.3 is 0 Å². The zero-order valence-corrected chi connectivity index (χ0v) is 10.8. The minimum absolute atomic E-state index is 0.0637. The van der Waals surface area contributed by atoms with E-state index in [2.05, 4.69) is 17.1 Å². The number of amides is 1. The number of rotatable bonds is 6. The maximum atomic E-state index is 11.5. The van der Waals surface area contributed by atoms with Gasteiger partial charge in [-0.15, -0.1) is 0 Å². The Morgan fingerprint density at radius 3 is 2.65 bits per heavy atom. The second-order valence-electron chi connectivity index (χ2n) is 5.40. The molecule has 2 aliphatic rings. The second kappa shape index (κ2) is 5.83. The Morgan fingerprint density at radius 1 is 1.41 bits per heavy atom. The molecule has 2 atom stereocenters.